The summed E-state index contributed by atoms with van der Waals surface area (Å²) in [7, 11) is 0. The molecule has 0 heterocycles. The SMILES string of the molecule is CC(C)C[C@H](NC(=O)OC(C)(C)C)C(=O)C1C(=O)c2cc3c(cc2C1=O)C(=O)C(C(=O)[C@H](CC(C)C)NC(=O)OC(C)(C)C)C3=O. The van der Waals surface area contributed by atoms with Crippen LogP contribution in [0.5, 0.6) is 0 Å². The molecule has 0 bridgehead atoms. The van der Waals surface area contributed by atoms with Crippen molar-refractivity contribution in [1.29, 1.82) is 0 Å². The van der Waals surface area contributed by atoms with Crippen molar-refractivity contribution in [3.8, 4) is 0 Å². The maximum absolute atomic E-state index is 13.6. The molecule has 3 rings (SSSR count). The van der Waals surface area contributed by atoms with E-state index in [0.29, 0.717) is 0 Å². The standard InChI is InChI=1S/C34H44N2O10/c1-15(2)11-21(35-31(43)45-33(5,6)7)29(41)23-25(37)17-13-19-20(14-18(17)26(23)38)28(40)24(27(19)39)30(42)22(12-16(3)4)36-32(44)46-34(8,9)10/h13-16,21-24H,11-12H2,1-10H3,(H,35,43)(H,36,44)/t21-,22-,23?,24?/m0/s1. The number of carbonyl (C=O) groups excluding carboxylic acids is 8. The topological polar surface area (TPSA) is 179 Å². The number of fused-ring (bicyclic) bond motifs is 2. The molecule has 0 radical (unpaired) electrons. The third kappa shape index (κ3) is 8.13. The van der Waals surface area contributed by atoms with E-state index >= 15 is 0 Å². The van der Waals surface area contributed by atoms with Crippen LogP contribution in [0.1, 0.15) is 124 Å². The van der Waals surface area contributed by atoms with Crippen molar-refractivity contribution < 1.29 is 47.8 Å². The first kappa shape index (κ1) is 36.3. The fourth-order valence-electron chi connectivity index (χ4n) is 5.53. The third-order valence-corrected chi connectivity index (χ3v) is 7.32. The van der Waals surface area contributed by atoms with Gasteiger partial charge in [0, 0.05) is 22.3 Å². The molecule has 0 unspecified atom stereocenters. The van der Waals surface area contributed by atoms with Gasteiger partial charge in [0.1, 0.15) is 23.0 Å². The Bertz CT molecular complexity index is 1330. The highest BCUT2D eigenvalue weighted by molar-refractivity contribution is 6.40. The van der Waals surface area contributed by atoms with Gasteiger partial charge in [-0.25, -0.2) is 9.59 Å². The molecule has 0 saturated carbocycles. The van der Waals surface area contributed by atoms with E-state index in [1.54, 1.807) is 69.2 Å². The van der Waals surface area contributed by atoms with Gasteiger partial charge in [-0.15, -0.1) is 0 Å². The molecule has 46 heavy (non-hydrogen) atoms. The van der Waals surface area contributed by atoms with Gasteiger partial charge in [-0.3, -0.25) is 28.8 Å². The Kier molecular flexibility index (Phi) is 10.4. The van der Waals surface area contributed by atoms with E-state index in [1.807, 2.05) is 0 Å². The lowest BCUT2D eigenvalue weighted by atomic mass is 9.88. The number of alkyl carbamates (subject to hydrolysis) is 2. The van der Waals surface area contributed by atoms with E-state index in [-0.39, 0.29) is 46.9 Å². The van der Waals surface area contributed by atoms with E-state index in [2.05, 4.69) is 10.6 Å². The minimum absolute atomic E-state index is 0.101. The highest BCUT2D eigenvalue weighted by Crippen LogP contribution is 2.37. The van der Waals surface area contributed by atoms with Crippen molar-refractivity contribution in [2.75, 3.05) is 0 Å². The van der Waals surface area contributed by atoms with Crippen molar-refractivity contribution in [3.63, 3.8) is 0 Å². The molecule has 0 aromatic heterocycles. The Morgan fingerprint density at radius 2 is 0.848 bits per heavy atom. The maximum Gasteiger partial charge on any atom is 0.408 e. The van der Waals surface area contributed by atoms with Crippen LogP contribution < -0.4 is 10.6 Å². The summed E-state index contributed by atoms with van der Waals surface area (Å²) in [6, 6.07) is -0.254. The number of nitrogens with one attached hydrogen (secondary N) is 2. The van der Waals surface area contributed by atoms with Gasteiger partial charge in [-0.2, -0.15) is 0 Å². The van der Waals surface area contributed by atoms with Gasteiger partial charge >= 0.3 is 12.2 Å². The van der Waals surface area contributed by atoms with Crippen molar-refractivity contribution in [2.45, 2.75) is 105 Å². The second-order valence-electron chi connectivity index (χ2n) is 14.7. The van der Waals surface area contributed by atoms with Gasteiger partial charge in [-0.1, -0.05) is 27.7 Å². The molecule has 0 fully saturated rings. The smallest absolute Gasteiger partial charge is 0.408 e. The molecule has 12 heteroatoms. The zero-order chi connectivity index (χ0) is 35.0. The summed E-state index contributed by atoms with van der Waals surface area (Å²) >= 11 is 0. The molecule has 2 amide bonds. The monoisotopic (exact) mass is 640 g/mol. The van der Waals surface area contributed by atoms with Gasteiger partial charge in [0.2, 0.25) is 0 Å². The Morgan fingerprint density at radius 3 is 1.07 bits per heavy atom. The molecule has 1 aromatic rings. The maximum atomic E-state index is 13.6. The molecule has 250 valence electrons. The summed E-state index contributed by atoms with van der Waals surface area (Å²) in [5.41, 5.74) is -2.59. The molecule has 2 aliphatic carbocycles. The van der Waals surface area contributed by atoms with Crippen LogP contribution >= 0.6 is 0 Å². The van der Waals surface area contributed by atoms with Gasteiger partial charge in [0.05, 0.1) is 12.1 Å². The minimum Gasteiger partial charge on any atom is -0.444 e. The highest BCUT2D eigenvalue weighted by Gasteiger charge is 2.51. The quantitative estimate of drug-likeness (QED) is 0.341. The first-order valence-electron chi connectivity index (χ1n) is 15.4. The summed E-state index contributed by atoms with van der Waals surface area (Å²) in [6.07, 6.45) is -1.52. The van der Waals surface area contributed by atoms with Crippen LogP contribution in [-0.4, -0.2) is 70.2 Å². The Labute approximate surface area is 268 Å². The molecular formula is C34H44N2O10. The van der Waals surface area contributed by atoms with E-state index in [0.717, 1.165) is 12.1 Å². The second kappa shape index (κ2) is 13.3. The zero-order valence-electron chi connectivity index (χ0n) is 28.1. The number of amides is 2. The van der Waals surface area contributed by atoms with Crippen molar-refractivity contribution >= 4 is 46.9 Å². The lowest BCUT2D eigenvalue weighted by Gasteiger charge is -2.25. The molecule has 0 spiro atoms. The number of ether oxygens (including phenoxy) is 2. The van der Waals surface area contributed by atoms with Crippen LogP contribution in [0, 0.1) is 23.7 Å². The van der Waals surface area contributed by atoms with E-state index < -0.39 is 82.0 Å². The van der Waals surface area contributed by atoms with Gasteiger partial charge in [-0.05, 0) is 78.4 Å². The number of benzene rings is 1. The molecular weight excluding hydrogens is 596 g/mol. The Balaban J connectivity index is 1.91. The first-order valence-corrected chi connectivity index (χ1v) is 15.4. The van der Waals surface area contributed by atoms with Gasteiger partial charge in [0.25, 0.3) is 0 Å². The number of rotatable bonds is 10. The molecule has 0 saturated heterocycles. The zero-order valence-corrected chi connectivity index (χ0v) is 28.1. The third-order valence-electron chi connectivity index (χ3n) is 7.32. The van der Waals surface area contributed by atoms with Crippen LogP contribution in [0.4, 0.5) is 9.59 Å². The summed E-state index contributed by atoms with van der Waals surface area (Å²) < 4.78 is 10.5. The van der Waals surface area contributed by atoms with Crippen molar-refractivity contribution in [2.24, 2.45) is 23.7 Å². The predicted molar refractivity (Wildman–Crippen MR) is 166 cm³/mol. The van der Waals surface area contributed by atoms with Crippen LogP contribution in [0.15, 0.2) is 12.1 Å². The first-order chi connectivity index (χ1) is 21.0. The van der Waals surface area contributed by atoms with Gasteiger partial charge in [0.15, 0.2) is 34.7 Å². The Morgan fingerprint density at radius 1 is 0.587 bits per heavy atom. The average molecular weight is 641 g/mol. The van der Waals surface area contributed by atoms with Crippen molar-refractivity contribution in [3.05, 3.63) is 34.4 Å². The highest BCUT2D eigenvalue weighted by atomic mass is 16.6. The van der Waals surface area contributed by atoms with Crippen LogP contribution in [-0.2, 0) is 19.1 Å². The van der Waals surface area contributed by atoms with Crippen molar-refractivity contribution in [1.82, 2.24) is 10.6 Å². The van der Waals surface area contributed by atoms with E-state index in [1.165, 1.54) is 0 Å². The average Bonchev–Trinajstić information content (AvgIpc) is 3.27. The number of hydrogen-bond acceptors (Lipinski definition) is 10. The fourth-order valence-corrected chi connectivity index (χ4v) is 5.53. The van der Waals surface area contributed by atoms with Gasteiger partial charge < -0.3 is 20.1 Å². The minimum atomic E-state index is -1.78. The molecule has 2 aliphatic rings. The van der Waals surface area contributed by atoms with Crippen LogP contribution in [0.25, 0.3) is 0 Å². The number of Topliss-reactive ketones (excluding diaryl/α,β-unsaturated/α-hetero) is 6. The lowest BCUT2D eigenvalue weighted by molar-refractivity contribution is -0.123. The molecule has 12 nitrogen and oxygen atoms in total. The normalized spacial score (nSPS) is 16.8. The lowest BCUT2D eigenvalue weighted by Crippen LogP contribution is -2.48. The Hall–Kier alpha value is -4.22. The second-order valence-corrected chi connectivity index (χ2v) is 14.7. The molecule has 0 aliphatic heterocycles. The predicted octanol–water partition coefficient (Wildman–Crippen LogP) is 4.69. The summed E-state index contributed by atoms with van der Waals surface area (Å²) in [6.45, 7) is 17.1. The molecule has 2 N–H and O–H groups in total. The van der Waals surface area contributed by atoms with Crippen LogP contribution in [0.3, 0.4) is 0 Å². The van der Waals surface area contributed by atoms with E-state index in [9.17, 15) is 38.4 Å². The molecule has 2 atom stereocenters. The number of ketones is 6. The summed E-state index contributed by atoms with van der Waals surface area (Å²) in [4.78, 5) is 106. The molecule has 1 aromatic carbocycles. The summed E-state index contributed by atoms with van der Waals surface area (Å²) in [5.74, 6) is -8.91. The van der Waals surface area contributed by atoms with Crippen LogP contribution in [0.2, 0.25) is 0 Å². The summed E-state index contributed by atoms with van der Waals surface area (Å²) in [5, 5.41) is 4.95. The van der Waals surface area contributed by atoms with E-state index in [4.69, 9.17) is 9.47 Å². The number of hydrogen-bond donors (Lipinski definition) is 2. The number of carbonyl (C=O) groups is 8. The fraction of sp³-hybridized carbons (Fsp3) is 0.588. The largest absolute Gasteiger partial charge is 0.444 e.